The molecule has 1 aliphatic heterocycles. The van der Waals surface area contributed by atoms with E-state index in [9.17, 15) is 8.42 Å². The summed E-state index contributed by atoms with van der Waals surface area (Å²) in [4.78, 5) is 0.363. The van der Waals surface area contributed by atoms with Crippen molar-refractivity contribution in [1.82, 2.24) is 4.31 Å². The van der Waals surface area contributed by atoms with Gasteiger partial charge in [-0.05, 0) is 49.0 Å². The van der Waals surface area contributed by atoms with Crippen molar-refractivity contribution in [2.45, 2.75) is 50.6 Å². The van der Waals surface area contributed by atoms with E-state index >= 15 is 0 Å². The van der Waals surface area contributed by atoms with Gasteiger partial charge >= 0.3 is 0 Å². The smallest absolute Gasteiger partial charge is 0.207 e. The monoisotopic (exact) mass is 369 g/mol. The quantitative estimate of drug-likeness (QED) is 0.727. The number of aryl methyl sites for hydroxylation is 1. The molecule has 0 radical (unpaired) electrons. The summed E-state index contributed by atoms with van der Waals surface area (Å²) in [7, 11) is -3.54. The van der Waals surface area contributed by atoms with Gasteiger partial charge in [0, 0.05) is 6.04 Å². The van der Waals surface area contributed by atoms with Crippen LogP contribution in [-0.4, -0.2) is 24.8 Å². The predicted molar refractivity (Wildman–Crippen MR) is 107 cm³/mol. The van der Waals surface area contributed by atoms with E-state index in [1.165, 1.54) is 0 Å². The third kappa shape index (κ3) is 3.62. The second-order valence-corrected chi connectivity index (χ2v) is 9.42. The summed E-state index contributed by atoms with van der Waals surface area (Å²) in [6.07, 6.45) is 1.70. The van der Waals surface area contributed by atoms with Gasteiger partial charge < -0.3 is 0 Å². The summed E-state index contributed by atoms with van der Waals surface area (Å²) in [6, 6.07) is 16.8. The molecule has 0 N–H and O–H groups in total. The Kier molecular flexibility index (Phi) is 5.35. The minimum absolute atomic E-state index is 0.0340. The minimum Gasteiger partial charge on any atom is -0.207 e. The molecule has 3 rings (SSSR count). The third-order valence-electron chi connectivity index (χ3n) is 5.05. The molecule has 138 valence electrons. The summed E-state index contributed by atoms with van der Waals surface area (Å²) in [5, 5.41) is 0. The van der Waals surface area contributed by atoms with E-state index in [4.69, 9.17) is 0 Å². The van der Waals surface area contributed by atoms with Gasteiger partial charge in [-0.15, -0.1) is 0 Å². The van der Waals surface area contributed by atoms with Crippen LogP contribution < -0.4 is 0 Å². The number of sulfonamides is 1. The van der Waals surface area contributed by atoms with Crippen LogP contribution in [0.2, 0.25) is 0 Å². The van der Waals surface area contributed by atoms with Crippen LogP contribution in [0.5, 0.6) is 0 Å². The van der Waals surface area contributed by atoms with E-state index in [0.29, 0.717) is 10.8 Å². The Morgan fingerprint density at radius 1 is 1.12 bits per heavy atom. The molecule has 1 aliphatic rings. The lowest BCUT2D eigenvalue weighted by Gasteiger charge is -2.49. The van der Waals surface area contributed by atoms with Gasteiger partial charge in [0.15, 0.2) is 0 Å². The predicted octanol–water partition coefficient (Wildman–Crippen LogP) is 4.89. The Balaban J connectivity index is 1.94. The number of hydrogen-bond acceptors (Lipinski definition) is 2. The largest absolute Gasteiger partial charge is 0.243 e. The fraction of sp³-hybridized carbons (Fsp3) is 0.364. The molecule has 2 aromatic rings. The molecule has 1 saturated heterocycles. The highest BCUT2D eigenvalue weighted by Crippen LogP contribution is 2.41. The van der Waals surface area contributed by atoms with Crippen LogP contribution in [0.3, 0.4) is 0 Å². The molecule has 3 nitrogen and oxygen atoms in total. The van der Waals surface area contributed by atoms with Gasteiger partial charge in [-0.3, -0.25) is 0 Å². The van der Waals surface area contributed by atoms with E-state index in [1.54, 1.807) is 16.4 Å². The second-order valence-electron chi connectivity index (χ2n) is 7.57. The topological polar surface area (TPSA) is 37.4 Å². The maximum atomic E-state index is 13.3. The van der Waals surface area contributed by atoms with Crippen molar-refractivity contribution in [1.29, 1.82) is 0 Å². The molecule has 2 atom stereocenters. The molecule has 0 saturated carbocycles. The molecule has 0 aromatic heterocycles. The lowest BCUT2D eigenvalue weighted by molar-refractivity contribution is 0.130. The van der Waals surface area contributed by atoms with Crippen LogP contribution in [0.1, 0.15) is 37.8 Å². The lowest BCUT2D eigenvalue weighted by atomic mass is 9.84. The van der Waals surface area contributed by atoms with E-state index in [2.05, 4.69) is 20.4 Å². The summed E-state index contributed by atoms with van der Waals surface area (Å²) >= 11 is 0. The standard InChI is InChI=1S/C22H27NO2S/c1-16(2)14-20-15-22(18(4)19-8-6-5-7-9-19)23(20)26(24,25)21-12-10-17(3)11-13-21/h5-13,16,20,22H,4,14-15H2,1-3H3/t20-,22-/m0/s1. The van der Waals surface area contributed by atoms with Crippen molar-refractivity contribution in [3.8, 4) is 0 Å². The highest BCUT2D eigenvalue weighted by molar-refractivity contribution is 7.89. The fourth-order valence-electron chi connectivity index (χ4n) is 3.66. The molecule has 0 amide bonds. The van der Waals surface area contributed by atoms with Gasteiger partial charge in [-0.25, -0.2) is 8.42 Å². The first kappa shape index (κ1) is 18.9. The molecule has 1 heterocycles. The summed E-state index contributed by atoms with van der Waals surface area (Å²) in [6.45, 7) is 10.5. The maximum absolute atomic E-state index is 13.3. The Morgan fingerprint density at radius 3 is 2.31 bits per heavy atom. The van der Waals surface area contributed by atoms with Crippen molar-refractivity contribution < 1.29 is 8.42 Å². The first-order valence-corrected chi connectivity index (χ1v) is 10.6. The van der Waals surface area contributed by atoms with E-state index < -0.39 is 10.0 Å². The molecule has 0 bridgehead atoms. The van der Waals surface area contributed by atoms with Gasteiger partial charge in [0.2, 0.25) is 10.0 Å². The number of rotatable bonds is 6. The zero-order valence-corrected chi connectivity index (χ0v) is 16.5. The minimum atomic E-state index is -3.54. The van der Waals surface area contributed by atoms with Gasteiger partial charge in [0.25, 0.3) is 0 Å². The molecule has 2 aromatic carbocycles. The van der Waals surface area contributed by atoms with Gasteiger partial charge in [-0.2, -0.15) is 4.31 Å². The number of hydrogen-bond donors (Lipinski definition) is 0. The average molecular weight is 370 g/mol. The van der Waals surface area contributed by atoms with Gasteiger partial charge in [0.1, 0.15) is 0 Å². The Bertz CT molecular complexity index is 870. The molecule has 4 heteroatoms. The van der Waals surface area contributed by atoms with Crippen molar-refractivity contribution >= 4 is 15.6 Å². The molecular weight excluding hydrogens is 342 g/mol. The van der Waals surface area contributed by atoms with Crippen molar-refractivity contribution in [2.75, 3.05) is 0 Å². The van der Waals surface area contributed by atoms with Crippen molar-refractivity contribution in [2.24, 2.45) is 5.92 Å². The summed E-state index contributed by atoms with van der Waals surface area (Å²) in [5.41, 5.74) is 2.93. The van der Waals surface area contributed by atoms with Gasteiger partial charge in [-0.1, -0.05) is 68.5 Å². The van der Waals surface area contributed by atoms with E-state index in [0.717, 1.165) is 29.5 Å². The SMILES string of the molecule is C=C(c1ccccc1)[C@@H]1C[C@H](CC(C)C)N1S(=O)(=O)c1ccc(C)cc1. The van der Waals surface area contributed by atoms with Crippen LogP contribution in [0.15, 0.2) is 66.1 Å². The lowest BCUT2D eigenvalue weighted by Crippen LogP contribution is -2.58. The average Bonchev–Trinajstić information content (AvgIpc) is 2.58. The first-order chi connectivity index (χ1) is 12.3. The van der Waals surface area contributed by atoms with E-state index in [-0.39, 0.29) is 12.1 Å². The molecule has 26 heavy (non-hydrogen) atoms. The van der Waals surface area contributed by atoms with Crippen LogP contribution in [0.4, 0.5) is 0 Å². The molecular formula is C22H27NO2S. The molecule has 0 unspecified atom stereocenters. The molecule has 0 aliphatic carbocycles. The van der Waals surface area contributed by atoms with Crippen LogP contribution in [0.25, 0.3) is 5.57 Å². The Labute approximate surface area is 157 Å². The summed E-state index contributed by atoms with van der Waals surface area (Å²) < 4.78 is 28.4. The zero-order chi connectivity index (χ0) is 18.9. The Hall–Kier alpha value is -1.91. The summed E-state index contributed by atoms with van der Waals surface area (Å²) in [5.74, 6) is 0.446. The Morgan fingerprint density at radius 2 is 1.73 bits per heavy atom. The van der Waals surface area contributed by atoms with Crippen LogP contribution >= 0.6 is 0 Å². The fourth-order valence-corrected chi connectivity index (χ4v) is 5.50. The third-order valence-corrected chi connectivity index (χ3v) is 7.02. The van der Waals surface area contributed by atoms with Crippen LogP contribution in [-0.2, 0) is 10.0 Å². The normalized spacial score (nSPS) is 20.8. The maximum Gasteiger partial charge on any atom is 0.243 e. The van der Waals surface area contributed by atoms with Crippen molar-refractivity contribution in [3.63, 3.8) is 0 Å². The highest BCUT2D eigenvalue weighted by atomic mass is 32.2. The number of nitrogens with zero attached hydrogens (tertiary/aromatic N) is 1. The molecule has 1 fully saturated rings. The first-order valence-electron chi connectivity index (χ1n) is 9.15. The second kappa shape index (κ2) is 7.37. The van der Waals surface area contributed by atoms with Gasteiger partial charge in [0.05, 0.1) is 10.9 Å². The van der Waals surface area contributed by atoms with Crippen LogP contribution in [0, 0.1) is 12.8 Å². The van der Waals surface area contributed by atoms with Crippen molar-refractivity contribution in [3.05, 3.63) is 72.3 Å². The van der Waals surface area contributed by atoms with E-state index in [1.807, 2.05) is 49.4 Å². The number of benzene rings is 2. The molecule has 0 spiro atoms. The zero-order valence-electron chi connectivity index (χ0n) is 15.7. The highest BCUT2D eigenvalue weighted by Gasteiger charge is 2.47.